The first-order valence-electron chi connectivity index (χ1n) is 6.52. The summed E-state index contributed by atoms with van der Waals surface area (Å²) in [7, 11) is 0. The van der Waals surface area contributed by atoms with E-state index >= 15 is 0 Å². The maximum absolute atomic E-state index is 12.2. The maximum Gasteiger partial charge on any atom is 0.293 e. The molecule has 2 unspecified atom stereocenters. The Kier molecular flexibility index (Phi) is 3.71. The van der Waals surface area contributed by atoms with E-state index in [9.17, 15) is 4.79 Å². The predicted molar refractivity (Wildman–Crippen MR) is 70.8 cm³/mol. The van der Waals surface area contributed by atoms with Crippen LogP contribution in [0.3, 0.4) is 0 Å². The van der Waals surface area contributed by atoms with E-state index in [4.69, 9.17) is 4.74 Å². The van der Waals surface area contributed by atoms with E-state index in [0.29, 0.717) is 5.82 Å². The van der Waals surface area contributed by atoms with Crippen molar-refractivity contribution in [1.82, 2.24) is 9.55 Å². The number of rotatable bonds is 4. The van der Waals surface area contributed by atoms with Crippen molar-refractivity contribution >= 4 is 5.82 Å². The van der Waals surface area contributed by atoms with Crippen molar-refractivity contribution in [3.05, 3.63) is 22.7 Å². The summed E-state index contributed by atoms with van der Waals surface area (Å²) >= 11 is 0. The summed E-state index contributed by atoms with van der Waals surface area (Å²) in [5.41, 5.74) is -0.267. The average molecular weight is 251 g/mol. The lowest BCUT2D eigenvalue weighted by atomic mass is 9.95. The SMILES string of the molecule is CCCn1ccnc(NC2(C)CCOC2C)c1=O. The number of nitrogens with one attached hydrogen (secondary N) is 1. The first-order valence-corrected chi connectivity index (χ1v) is 6.52. The molecular formula is C13H21N3O2. The number of hydrogen-bond donors (Lipinski definition) is 1. The minimum Gasteiger partial charge on any atom is -0.376 e. The molecule has 1 saturated heterocycles. The van der Waals surface area contributed by atoms with Gasteiger partial charge in [-0.05, 0) is 26.7 Å². The third-order valence-electron chi connectivity index (χ3n) is 3.67. The first-order chi connectivity index (χ1) is 8.57. The summed E-state index contributed by atoms with van der Waals surface area (Å²) in [6.07, 6.45) is 5.30. The van der Waals surface area contributed by atoms with Crippen LogP contribution in [0, 0.1) is 0 Å². The monoisotopic (exact) mass is 251 g/mol. The highest BCUT2D eigenvalue weighted by Gasteiger charge is 2.37. The van der Waals surface area contributed by atoms with Crippen LogP contribution in [0.1, 0.15) is 33.6 Å². The summed E-state index contributed by atoms with van der Waals surface area (Å²) in [4.78, 5) is 16.4. The highest BCUT2D eigenvalue weighted by atomic mass is 16.5. The Hall–Kier alpha value is -1.36. The summed E-state index contributed by atoms with van der Waals surface area (Å²) in [6, 6.07) is 0. The minimum absolute atomic E-state index is 0.0559. The van der Waals surface area contributed by atoms with Crippen LogP contribution < -0.4 is 10.9 Å². The van der Waals surface area contributed by atoms with Crippen LogP contribution in [0.25, 0.3) is 0 Å². The van der Waals surface area contributed by atoms with Crippen LogP contribution in [0.4, 0.5) is 5.82 Å². The number of ether oxygens (including phenoxy) is 1. The second-order valence-electron chi connectivity index (χ2n) is 5.08. The number of nitrogens with zero attached hydrogens (tertiary/aromatic N) is 2. The van der Waals surface area contributed by atoms with E-state index in [1.165, 1.54) is 0 Å². The van der Waals surface area contributed by atoms with Gasteiger partial charge in [-0.1, -0.05) is 6.92 Å². The summed E-state index contributed by atoms with van der Waals surface area (Å²) in [6.45, 7) is 7.59. The number of aryl methyl sites for hydroxylation is 1. The molecule has 0 aliphatic carbocycles. The molecule has 18 heavy (non-hydrogen) atoms. The zero-order chi connectivity index (χ0) is 13.2. The molecule has 1 N–H and O–H groups in total. The number of anilines is 1. The topological polar surface area (TPSA) is 56.1 Å². The molecular weight excluding hydrogens is 230 g/mol. The fourth-order valence-electron chi connectivity index (χ4n) is 2.22. The van der Waals surface area contributed by atoms with Gasteiger partial charge in [0, 0.05) is 25.5 Å². The lowest BCUT2D eigenvalue weighted by Crippen LogP contribution is -2.43. The van der Waals surface area contributed by atoms with Gasteiger partial charge in [0.1, 0.15) is 0 Å². The molecule has 2 rings (SSSR count). The second kappa shape index (κ2) is 5.10. The highest BCUT2D eigenvalue weighted by Crippen LogP contribution is 2.27. The van der Waals surface area contributed by atoms with Crippen LogP contribution in [-0.2, 0) is 11.3 Å². The molecule has 1 fully saturated rings. The van der Waals surface area contributed by atoms with E-state index < -0.39 is 0 Å². The molecule has 1 aromatic rings. The van der Waals surface area contributed by atoms with Crippen molar-refractivity contribution in [1.29, 1.82) is 0 Å². The van der Waals surface area contributed by atoms with E-state index in [1.807, 2.05) is 13.8 Å². The number of hydrogen-bond acceptors (Lipinski definition) is 4. The van der Waals surface area contributed by atoms with Crippen molar-refractivity contribution in [3.8, 4) is 0 Å². The molecule has 0 amide bonds. The van der Waals surface area contributed by atoms with Crippen molar-refractivity contribution in [2.24, 2.45) is 0 Å². The molecule has 0 saturated carbocycles. The van der Waals surface area contributed by atoms with Gasteiger partial charge in [0.2, 0.25) is 0 Å². The molecule has 2 atom stereocenters. The minimum atomic E-state index is -0.211. The summed E-state index contributed by atoms with van der Waals surface area (Å²) < 4.78 is 7.25. The zero-order valence-electron chi connectivity index (χ0n) is 11.3. The molecule has 0 bridgehead atoms. The third-order valence-corrected chi connectivity index (χ3v) is 3.67. The van der Waals surface area contributed by atoms with Crippen LogP contribution >= 0.6 is 0 Å². The Labute approximate surface area is 107 Å². The number of aromatic nitrogens is 2. The van der Waals surface area contributed by atoms with Crippen molar-refractivity contribution < 1.29 is 4.74 Å². The van der Waals surface area contributed by atoms with Gasteiger partial charge >= 0.3 is 0 Å². The Morgan fingerprint density at radius 3 is 3.06 bits per heavy atom. The quantitative estimate of drug-likeness (QED) is 0.883. The molecule has 1 aliphatic rings. The smallest absolute Gasteiger partial charge is 0.293 e. The van der Waals surface area contributed by atoms with Gasteiger partial charge in [-0.15, -0.1) is 0 Å². The van der Waals surface area contributed by atoms with Gasteiger partial charge < -0.3 is 14.6 Å². The van der Waals surface area contributed by atoms with Gasteiger partial charge in [-0.3, -0.25) is 4.79 Å². The molecule has 2 heterocycles. The lowest BCUT2D eigenvalue weighted by molar-refractivity contribution is 0.105. The Morgan fingerprint density at radius 1 is 1.67 bits per heavy atom. The van der Waals surface area contributed by atoms with Crippen LogP contribution in [0.15, 0.2) is 17.2 Å². The largest absolute Gasteiger partial charge is 0.376 e. The van der Waals surface area contributed by atoms with Gasteiger partial charge in [-0.2, -0.15) is 0 Å². The maximum atomic E-state index is 12.2. The van der Waals surface area contributed by atoms with Gasteiger partial charge in [0.25, 0.3) is 5.56 Å². The molecule has 5 heteroatoms. The molecule has 100 valence electrons. The lowest BCUT2D eigenvalue weighted by Gasteiger charge is -2.29. The molecule has 0 radical (unpaired) electrons. The Balaban J connectivity index is 2.24. The molecule has 1 aliphatic heterocycles. The normalized spacial score (nSPS) is 27.4. The third kappa shape index (κ3) is 2.41. The van der Waals surface area contributed by atoms with E-state index in [2.05, 4.69) is 17.2 Å². The fraction of sp³-hybridized carbons (Fsp3) is 0.692. The first kappa shape index (κ1) is 13.1. The van der Waals surface area contributed by atoms with Crippen LogP contribution in [0.2, 0.25) is 0 Å². The summed E-state index contributed by atoms with van der Waals surface area (Å²) in [5.74, 6) is 0.422. The van der Waals surface area contributed by atoms with Gasteiger partial charge in [0.15, 0.2) is 5.82 Å². The van der Waals surface area contributed by atoms with E-state index in [1.54, 1.807) is 17.0 Å². The van der Waals surface area contributed by atoms with Crippen molar-refractivity contribution in [2.75, 3.05) is 11.9 Å². The van der Waals surface area contributed by atoms with Crippen molar-refractivity contribution in [2.45, 2.75) is 51.8 Å². The van der Waals surface area contributed by atoms with Crippen molar-refractivity contribution in [3.63, 3.8) is 0 Å². The van der Waals surface area contributed by atoms with E-state index in [-0.39, 0.29) is 17.2 Å². The Morgan fingerprint density at radius 2 is 2.44 bits per heavy atom. The standard InChI is InChI=1S/C13H21N3O2/c1-4-7-16-8-6-14-11(12(16)17)15-13(3)5-9-18-10(13)2/h6,8,10H,4-5,7,9H2,1-3H3,(H,14,15). The van der Waals surface area contributed by atoms with E-state index in [0.717, 1.165) is 26.0 Å². The highest BCUT2D eigenvalue weighted by molar-refractivity contribution is 5.36. The second-order valence-corrected chi connectivity index (χ2v) is 5.08. The fourth-order valence-corrected chi connectivity index (χ4v) is 2.22. The molecule has 0 aromatic carbocycles. The Bertz CT molecular complexity index is 472. The molecule has 0 spiro atoms. The van der Waals surface area contributed by atoms with Crippen LogP contribution in [-0.4, -0.2) is 27.8 Å². The molecule has 5 nitrogen and oxygen atoms in total. The van der Waals surface area contributed by atoms with Gasteiger partial charge in [0.05, 0.1) is 11.6 Å². The zero-order valence-corrected chi connectivity index (χ0v) is 11.3. The average Bonchev–Trinajstić information content (AvgIpc) is 2.65. The van der Waals surface area contributed by atoms with Gasteiger partial charge in [-0.25, -0.2) is 4.98 Å². The van der Waals surface area contributed by atoms with Crippen LogP contribution in [0.5, 0.6) is 0 Å². The molecule has 1 aromatic heterocycles. The predicted octanol–water partition coefficient (Wildman–Crippen LogP) is 1.63. The summed E-state index contributed by atoms with van der Waals surface area (Å²) in [5, 5.41) is 3.26.